The summed E-state index contributed by atoms with van der Waals surface area (Å²) in [5, 5.41) is 10.7. The quantitative estimate of drug-likeness (QED) is 0.218. The van der Waals surface area contributed by atoms with Crippen LogP contribution < -0.4 is 10.1 Å². The van der Waals surface area contributed by atoms with E-state index in [-0.39, 0.29) is 0 Å². The largest absolute Gasteiger partial charge is 0.491 e. The first-order valence-corrected chi connectivity index (χ1v) is 13.1. The van der Waals surface area contributed by atoms with Gasteiger partial charge in [-0.05, 0) is 49.1 Å². The van der Waals surface area contributed by atoms with Gasteiger partial charge in [0.05, 0.1) is 42.8 Å². The molecule has 10 nitrogen and oxygen atoms in total. The molecule has 0 atom stereocenters. The molecule has 2 aromatic carbocycles. The zero-order chi connectivity index (χ0) is 26.8. The van der Waals surface area contributed by atoms with Crippen LogP contribution in [0.1, 0.15) is 29.9 Å². The normalized spacial score (nSPS) is 13.3. The second-order valence-corrected chi connectivity index (χ2v) is 9.96. The molecule has 0 amide bonds. The third-order valence-electron chi connectivity index (χ3n) is 7.00. The molecule has 1 aliphatic rings. The highest BCUT2D eigenvalue weighted by molar-refractivity contribution is 5.83. The average Bonchev–Trinajstić information content (AvgIpc) is 3.57. The number of nitrogens with zero attached hydrogens (tertiary/aromatic N) is 5. The zero-order valence-corrected chi connectivity index (χ0v) is 22.4. The SMILES string of the molecule is COCCN(C)Cc1ccc2nc(-c3[nH]ncc3Nc3nc(-c4ccc(C5CC5)cc4)ncc3OC)[nH]c2c1. The topological polar surface area (TPSA) is 117 Å². The van der Waals surface area contributed by atoms with E-state index in [4.69, 9.17) is 19.4 Å². The third kappa shape index (κ3) is 5.47. The number of anilines is 2. The van der Waals surface area contributed by atoms with Crippen molar-refractivity contribution in [3.8, 4) is 28.7 Å². The molecule has 5 aromatic rings. The Labute approximate surface area is 226 Å². The second-order valence-electron chi connectivity index (χ2n) is 9.96. The number of benzene rings is 2. The predicted molar refractivity (Wildman–Crippen MR) is 151 cm³/mol. The number of methoxy groups -OCH3 is 2. The van der Waals surface area contributed by atoms with Gasteiger partial charge in [-0.1, -0.05) is 30.3 Å². The summed E-state index contributed by atoms with van der Waals surface area (Å²) in [5.41, 5.74) is 6.82. The van der Waals surface area contributed by atoms with Gasteiger partial charge < -0.3 is 19.8 Å². The summed E-state index contributed by atoms with van der Waals surface area (Å²) in [6, 6.07) is 14.8. The zero-order valence-electron chi connectivity index (χ0n) is 22.4. The molecule has 0 unspecified atom stereocenters. The minimum atomic E-state index is 0.535. The van der Waals surface area contributed by atoms with Crippen molar-refractivity contribution in [1.29, 1.82) is 0 Å². The molecule has 0 radical (unpaired) electrons. The van der Waals surface area contributed by atoms with Crippen LogP contribution in [-0.4, -0.2) is 69.5 Å². The van der Waals surface area contributed by atoms with E-state index < -0.39 is 0 Å². The van der Waals surface area contributed by atoms with E-state index in [1.54, 1.807) is 26.6 Å². The number of hydrogen-bond acceptors (Lipinski definition) is 8. The Morgan fingerprint density at radius 1 is 1.05 bits per heavy atom. The summed E-state index contributed by atoms with van der Waals surface area (Å²) < 4.78 is 10.7. The van der Waals surface area contributed by atoms with Crippen LogP contribution in [0.2, 0.25) is 0 Å². The van der Waals surface area contributed by atoms with E-state index in [1.807, 2.05) is 6.07 Å². The number of fused-ring (bicyclic) bond motifs is 1. The Kier molecular flexibility index (Phi) is 6.95. The lowest BCUT2D eigenvalue weighted by Gasteiger charge is -2.15. The number of H-pyrrole nitrogens is 2. The van der Waals surface area contributed by atoms with Crippen LogP contribution in [0, 0.1) is 0 Å². The molecule has 0 bridgehead atoms. The Morgan fingerprint density at radius 2 is 1.90 bits per heavy atom. The van der Waals surface area contributed by atoms with Crippen molar-refractivity contribution in [3.05, 3.63) is 66.0 Å². The molecule has 1 saturated carbocycles. The van der Waals surface area contributed by atoms with Crippen molar-refractivity contribution in [3.63, 3.8) is 0 Å². The van der Waals surface area contributed by atoms with Crippen molar-refractivity contribution in [2.24, 2.45) is 0 Å². The van der Waals surface area contributed by atoms with E-state index in [0.717, 1.165) is 41.1 Å². The fourth-order valence-corrected chi connectivity index (χ4v) is 4.67. The fraction of sp³-hybridized carbons (Fsp3) is 0.310. The Hall–Kier alpha value is -4.28. The highest BCUT2D eigenvalue weighted by atomic mass is 16.5. The van der Waals surface area contributed by atoms with Crippen molar-refractivity contribution < 1.29 is 9.47 Å². The maximum absolute atomic E-state index is 5.55. The first-order chi connectivity index (χ1) is 19.1. The maximum Gasteiger partial charge on any atom is 0.179 e. The van der Waals surface area contributed by atoms with Gasteiger partial charge >= 0.3 is 0 Å². The summed E-state index contributed by atoms with van der Waals surface area (Å²) in [7, 11) is 5.41. The van der Waals surface area contributed by atoms with Crippen LogP contribution in [-0.2, 0) is 11.3 Å². The van der Waals surface area contributed by atoms with E-state index in [2.05, 4.69) is 73.8 Å². The summed E-state index contributed by atoms with van der Waals surface area (Å²) in [4.78, 5) is 19.8. The molecule has 3 N–H and O–H groups in total. The van der Waals surface area contributed by atoms with Crippen molar-refractivity contribution in [2.45, 2.75) is 25.3 Å². The molecule has 0 aliphatic heterocycles. The Balaban J connectivity index is 1.25. The van der Waals surface area contributed by atoms with Gasteiger partial charge in [-0.15, -0.1) is 0 Å². The first kappa shape index (κ1) is 25.0. The van der Waals surface area contributed by atoms with Crippen LogP contribution in [0.5, 0.6) is 5.75 Å². The lowest BCUT2D eigenvalue weighted by Crippen LogP contribution is -2.22. The number of likely N-dealkylation sites (N-methyl/N-ethyl adjacent to an activating group) is 1. The predicted octanol–water partition coefficient (Wildman–Crippen LogP) is 5.12. The van der Waals surface area contributed by atoms with Gasteiger partial charge in [0, 0.05) is 25.8 Å². The minimum Gasteiger partial charge on any atom is -0.491 e. The summed E-state index contributed by atoms with van der Waals surface area (Å²) in [5.74, 6) is 3.09. The van der Waals surface area contributed by atoms with Crippen LogP contribution in [0.25, 0.3) is 33.9 Å². The molecule has 1 fully saturated rings. The minimum absolute atomic E-state index is 0.535. The Bertz CT molecular complexity index is 1570. The van der Waals surface area contributed by atoms with Crippen LogP contribution >= 0.6 is 0 Å². The monoisotopic (exact) mass is 524 g/mol. The summed E-state index contributed by atoms with van der Waals surface area (Å²) in [6.45, 7) is 2.39. The molecule has 3 aromatic heterocycles. The fourth-order valence-electron chi connectivity index (χ4n) is 4.67. The first-order valence-electron chi connectivity index (χ1n) is 13.1. The smallest absolute Gasteiger partial charge is 0.179 e. The number of imidazole rings is 1. The van der Waals surface area contributed by atoms with Crippen LogP contribution in [0.4, 0.5) is 11.5 Å². The third-order valence-corrected chi connectivity index (χ3v) is 7.00. The van der Waals surface area contributed by atoms with E-state index in [0.29, 0.717) is 35.7 Å². The molecule has 10 heteroatoms. The molecule has 6 rings (SSSR count). The van der Waals surface area contributed by atoms with Crippen molar-refractivity contribution in [1.82, 2.24) is 35.0 Å². The van der Waals surface area contributed by atoms with E-state index >= 15 is 0 Å². The van der Waals surface area contributed by atoms with Crippen molar-refractivity contribution >= 4 is 22.5 Å². The van der Waals surface area contributed by atoms with Crippen LogP contribution in [0.3, 0.4) is 0 Å². The van der Waals surface area contributed by atoms with E-state index in [9.17, 15) is 0 Å². The van der Waals surface area contributed by atoms with Gasteiger partial charge in [-0.25, -0.2) is 15.0 Å². The second kappa shape index (κ2) is 10.8. The molecule has 0 saturated heterocycles. The standard InChI is InChI=1S/C29H32N8O2/c1-37(12-13-38-2)17-18-4-11-22-23(14-18)33-29(32-22)26-24(15-31-36-26)34-28-25(39-3)16-30-27(35-28)21-9-7-20(8-10-21)19-5-6-19/h4,7-11,14-16,19H,5-6,12-13,17H2,1-3H3,(H,31,36)(H,32,33)(H,30,34,35). The number of hydrogen-bond donors (Lipinski definition) is 3. The van der Waals surface area contributed by atoms with Gasteiger partial charge in [-0.3, -0.25) is 10.00 Å². The number of nitrogens with one attached hydrogen (secondary N) is 3. The molecule has 0 spiro atoms. The van der Waals surface area contributed by atoms with E-state index in [1.165, 1.54) is 24.0 Å². The van der Waals surface area contributed by atoms with Gasteiger partial charge in [0.2, 0.25) is 0 Å². The highest BCUT2D eigenvalue weighted by Gasteiger charge is 2.23. The average molecular weight is 525 g/mol. The maximum atomic E-state index is 5.55. The lowest BCUT2D eigenvalue weighted by atomic mass is 10.1. The van der Waals surface area contributed by atoms with Gasteiger partial charge in [0.15, 0.2) is 23.2 Å². The molecule has 3 heterocycles. The lowest BCUT2D eigenvalue weighted by molar-refractivity contribution is 0.158. The molecule has 39 heavy (non-hydrogen) atoms. The molecular weight excluding hydrogens is 492 g/mol. The number of ether oxygens (including phenoxy) is 2. The van der Waals surface area contributed by atoms with Crippen LogP contribution in [0.15, 0.2) is 54.9 Å². The van der Waals surface area contributed by atoms with Gasteiger partial charge in [0.25, 0.3) is 0 Å². The number of rotatable bonds is 11. The highest BCUT2D eigenvalue weighted by Crippen LogP contribution is 2.40. The van der Waals surface area contributed by atoms with Crippen molar-refractivity contribution in [2.75, 3.05) is 39.7 Å². The molecular formula is C29H32N8O2. The van der Waals surface area contributed by atoms with Gasteiger partial charge in [-0.2, -0.15) is 5.10 Å². The molecule has 200 valence electrons. The summed E-state index contributed by atoms with van der Waals surface area (Å²) >= 11 is 0. The summed E-state index contributed by atoms with van der Waals surface area (Å²) in [6.07, 6.45) is 5.95. The number of aromatic amines is 2. The Morgan fingerprint density at radius 3 is 2.67 bits per heavy atom. The number of aromatic nitrogens is 6. The molecule has 1 aliphatic carbocycles. The van der Waals surface area contributed by atoms with Gasteiger partial charge in [0.1, 0.15) is 5.69 Å².